The van der Waals surface area contributed by atoms with E-state index in [1.807, 2.05) is 0 Å². The number of carbonyl (C=O) groups excluding carboxylic acids is 2. The number of hydrogen-bond acceptors (Lipinski definition) is 10. The van der Waals surface area contributed by atoms with Gasteiger partial charge in [-0.15, -0.1) is 0 Å². The van der Waals surface area contributed by atoms with Crippen LogP contribution in [0.3, 0.4) is 0 Å². The highest BCUT2D eigenvalue weighted by molar-refractivity contribution is 5.70. The Morgan fingerprint density at radius 2 is 1.17 bits per heavy atom. The number of benzene rings is 4. The van der Waals surface area contributed by atoms with Crippen molar-refractivity contribution in [1.29, 1.82) is 0 Å². The van der Waals surface area contributed by atoms with Gasteiger partial charge < -0.3 is 30.3 Å². The standard InChI is InChI=1S/C33H32N4O10/c38-22-33(26-9-5-2-6-10-26,35-32(41)47-21-25-13-17-28(18-14-25)37(44)45)30(39)29(19-23-7-3-1-4-8-23)34-31(40)46-20-24-11-15-27(16-12-24)36(42)43/h1-18,29-30,38-39H,19-22H2,(H,34,40)(H,35,41). The van der Waals surface area contributed by atoms with Gasteiger partial charge in [-0.3, -0.25) is 20.2 Å². The summed E-state index contributed by atoms with van der Waals surface area (Å²) in [5.74, 6) is 0. The highest BCUT2D eigenvalue weighted by atomic mass is 16.6. The van der Waals surface area contributed by atoms with Gasteiger partial charge in [0, 0.05) is 24.3 Å². The van der Waals surface area contributed by atoms with Gasteiger partial charge in [0.1, 0.15) is 24.9 Å². The summed E-state index contributed by atoms with van der Waals surface area (Å²) in [5.41, 5.74) is -0.178. The van der Waals surface area contributed by atoms with E-state index in [0.29, 0.717) is 22.3 Å². The molecule has 0 saturated heterocycles. The normalized spacial score (nSPS) is 13.3. The van der Waals surface area contributed by atoms with E-state index >= 15 is 0 Å². The van der Waals surface area contributed by atoms with Crippen LogP contribution >= 0.6 is 0 Å². The topological polar surface area (TPSA) is 203 Å². The van der Waals surface area contributed by atoms with Crippen molar-refractivity contribution in [3.63, 3.8) is 0 Å². The lowest BCUT2D eigenvalue weighted by atomic mass is 9.80. The maximum Gasteiger partial charge on any atom is 0.408 e. The smallest absolute Gasteiger partial charge is 0.408 e. The molecule has 0 heterocycles. The van der Waals surface area contributed by atoms with Crippen LogP contribution in [0.25, 0.3) is 0 Å². The first-order valence-corrected chi connectivity index (χ1v) is 14.3. The molecule has 47 heavy (non-hydrogen) atoms. The van der Waals surface area contributed by atoms with Crippen molar-refractivity contribution >= 4 is 23.6 Å². The van der Waals surface area contributed by atoms with Crippen molar-refractivity contribution < 1.29 is 39.1 Å². The number of aliphatic hydroxyl groups is 2. The Hall–Kier alpha value is -5.86. The number of hydrogen-bond donors (Lipinski definition) is 4. The van der Waals surface area contributed by atoms with Gasteiger partial charge in [-0.05, 0) is 52.9 Å². The van der Waals surface area contributed by atoms with E-state index in [1.165, 1.54) is 48.5 Å². The van der Waals surface area contributed by atoms with E-state index in [0.717, 1.165) is 0 Å². The van der Waals surface area contributed by atoms with Crippen LogP contribution in [0.5, 0.6) is 0 Å². The molecule has 4 aromatic rings. The molecule has 3 unspecified atom stereocenters. The van der Waals surface area contributed by atoms with Crippen molar-refractivity contribution in [2.45, 2.75) is 37.3 Å². The second-order valence-electron chi connectivity index (χ2n) is 10.5. The number of carbonyl (C=O) groups is 2. The average Bonchev–Trinajstić information content (AvgIpc) is 3.09. The molecule has 4 rings (SSSR count). The highest BCUT2D eigenvalue weighted by Gasteiger charge is 2.46. The highest BCUT2D eigenvalue weighted by Crippen LogP contribution is 2.29. The van der Waals surface area contributed by atoms with Gasteiger partial charge in [0.2, 0.25) is 0 Å². The molecule has 4 N–H and O–H groups in total. The third-order valence-corrected chi connectivity index (χ3v) is 7.39. The summed E-state index contributed by atoms with van der Waals surface area (Å²) < 4.78 is 10.7. The zero-order valence-corrected chi connectivity index (χ0v) is 24.9. The van der Waals surface area contributed by atoms with Gasteiger partial charge in [-0.1, -0.05) is 60.7 Å². The van der Waals surface area contributed by atoms with E-state index < -0.39 is 46.3 Å². The van der Waals surface area contributed by atoms with Gasteiger partial charge in [0.05, 0.1) is 22.5 Å². The quantitative estimate of drug-likeness (QED) is 0.112. The fourth-order valence-electron chi connectivity index (χ4n) is 4.87. The van der Waals surface area contributed by atoms with Crippen LogP contribution in [0.1, 0.15) is 22.3 Å². The first kappa shape index (κ1) is 34.0. The second kappa shape index (κ2) is 15.9. The fraction of sp³-hybridized carbons (Fsp3) is 0.212. The van der Waals surface area contributed by atoms with Crippen LogP contribution in [0.15, 0.2) is 109 Å². The minimum Gasteiger partial charge on any atom is -0.445 e. The molecular formula is C33H32N4O10. The van der Waals surface area contributed by atoms with Crippen molar-refractivity contribution in [2.75, 3.05) is 6.61 Å². The molecule has 0 spiro atoms. The summed E-state index contributed by atoms with van der Waals surface area (Å²) in [4.78, 5) is 47.0. The molecule has 0 aliphatic rings. The summed E-state index contributed by atoms with van der Waals surface area (Å²) in [6, 6.07) is 26.8. The van der Waals surface area contributed by atoms with Gasteiger partial charge in [0.15, 0.2) is 0 Å². The molecule has 0 fully saturated rings. The molecule has 3 atom stereocenters. The Labute approximate surface area is 268 Å². The molecule has 0 aliphatic carbocycles. The molecule has 244 valence electrons. The Morgan fingerprint density at radius 1 is 0.702 bits per heavy atom. The maximum atomic E-state index is 13.2. The van der Waals surface area contributed by atoms with Gasteiger partial charge in [-0.2, -0.15) is 0 Å². The molecule has 2 amide bonds. The Bertz CT molecular complexity index is 1650. The molecule has 4 aromatic carbocycles. The third kappa shape index (κ3) is 9.09. The molecule has 0 bridgehead atoms. The van der Waals surface area contributed by atoms with Gasteiger partial charge in [0.25, 0.3) is 11.4 Å². The van der Waals surface area contributed by atoms with E-state index in [4.69, 9.17) is 9.47 Å². The zero-order chi connectivity index (χ0) is 33.8. The van der Waals surface area contributed by atoms with Gasteiger partial charge >= 0.3 is 12.2 Å². The van der Waals surface area contributed by atoms with Crippen LogP contribution < -0.4 is 10.6 Å². The fourth-order valence-corrected chi connectivity index (χ4v) is 4.87. The van der Waals surface area contributed by atoms with E-state index in [9.17, 15) is 40.0 Å². The van der Waals surface area contributed by atoms with E-state index in [-0.39, 0.29) is 31.0 Å². The Balaban J connectivity index is 1.56. The number of aliphatic hydroxyl groups excluding tert-OH is 2. The lowest BCUT2D eigenvalue weighted by Gasteiger charge is -2.41. The van der Waals surface area contributed by atoms with Crippen LogP contribution in [0, 0.1) is 20.2 Å². The van der Waals surface area contributed by atoms with Crippen molar-refractivity contribution in [2.24, 2.45) is 0 Å². The average molecular weight is 645 g/mol. The number of non-ortho nitro benzene ring substituents is 2. The lowest BCUT2D eigenvalue weighted by Crippen LogP contribution is -2.63. The zero-order valence-electron chi connectivity index (χ0n) is 24.9. The predicted molar refractivity (Wildman–Crippen MR) is 168 cm³/mol. The first-order valence-electron chi connectivity index (χ1n) is 14.3. The maximum absolute atomic E-state index is 13.2. The summed E-state index contributed by atoms with van der Waals surface area (Å²) in [5, 5.41) is 49.8. The molecule has 0 aromatic heterocycles. The molecule has 14 heteroatoms. The summed E-state index contributed by atoms with van der Waals surface area (Å²) in [7, 11) is 0. The first-order chi connectivity index (χ1) is 22.6. The van der Waals surface area contributed by atoms with Crippen molar-refractivity contribution in [3.05, 3.63) is 152 Å². The number of ether oxygens (including phenoxy) is 2. The van der Waals surface area contributed by atoms with Gasteiger partial charge in [-0.25, -0.2) is 9.59 Å². The second-order valence-corrected chi connectivity index (χ2v) is 10.5. The number of nitro benzene ring substituents is 2. The SMILES string of the molecule is O=C(NC(Cc1ccccc1)C(O)C(CO)(NC(=O)OCc1ccc([N+](=O)[O-])cc1)c1ccccc1)OCc1ccc([N+](=O)[O-])cc1. The van der Waals surface area contributed by atoms with Crippen molar-refractivity contribution in [1.82, 2.24) is 10.6 Å². The molecule has 0 radical (unpaired) electrons. The largest absolute Gasteiger partial charge is 0.445 e. The van der Waals surface area contributed by atoms with Crippen LogP contribution in [0.4, 0.5) is 21.0 Å². The number of alkyl carbamates (subject to hydrolysis) is 2. The van der Waals surface area contributed by atoms with Crippen LogP contribution in [-0.2, 0) is 34.6 Å². The predicted octanol–water partition coefficient (Wildman–Crippen LogP) is 4.52. The number of rotatable bonds is 14. The number of amides is 2. The number of nitro groups is 2. The van der Waals surface area contributed by atoms with Crippen molar-refractivity contribution in [3.8, 4) is 0 Å². The number of nitrogens with zero attached hydrogens (tertiary/aromatic N) is 2. The molecule has 0 saturated carbocycles. The van der Waals surface area contributed by atoms with E-state index in [2.05, 4.69) is 10.6 Å². The Kier molecular flexibility index (Phi) is 11.5. The number of nitrogens with one attached hydrogen (secondary N) is 2. The summed E-state index contributed by atoms with van der Waals surface area (Å²) in [6.45, 7) is -1.30. The third-order valence-electron chi connectivity index (χ3n) is 7.39. The summed E-state index contributed by atoms with van der Waals surface area (Å²) >= 11 is 0. The summed E-state index contributed by atoms with van der Waals surface area (Å²) in [6.07, 6.45) is -3.54. The van der Waals surface area contributed by atoms with Crippen LogP contribution in [0.2, 0.25) is 0 Å². The molecular weight excluding hydrogens is 612 g/mol. The monoisotopic (exact) mass is 644 g/mol. The minimum absolute atomic E-state index is 0.0583. The lowest BCUT2D eigenvalue weighted by molar-refractivity contribution is -0.385. The Morgan fingerprint density at radius 3 is 1.64 bits per heavy atom. The van der Waals surface area contributed by atoms with Crippen LogP contribution in [-0.4, -0.2) is 51.0 Å². The minimum atomic E-state index is -1.89. The molecule has 14 nitrogen and oxygen atoms in total. The molecule has 0 aliphatic heterocycles. The van der Waals surface area contributed by atoms with E-state index in [1.54, 1.807) is 60.7 Å².